The highest BCUT2D eigenvalue weighted by atomic mass is 35.5. The second-order valence-electron chi connectivity index (χ2n) is 7.01. The van der Waals surface area contributed by atoms with E-state index in [-0.39, 0.29) is 6.04 Å². The van der Waals surface area contributed by atoms with Gasteiger partial charge in [-0.05, 0) is 36.4 Å². The number of halogens is 2. The van der Waals surface area contributed by atoms with Gasteiger partial charge in [0.15, 0.2) is 0 Å². The van der Waals surface area contributed by atoms with Gasteiger partial charge in [-0.2, -0.15) is 5.10 Å². The van der Waals surface area contributed by atoms with E-state index in [4.69, 9.17) is 42.2 Å². The molecule has 0 saturated heterocycles. The van der Waals surface area contributed by atoms with E-state index in [0.29, 0.717) is 33.5 Å². The zero-order chi connectivity index (χ0) is 20.8. The normalized spacial score (nSPS) is 19.6. The van der Waals surface area contributed by atoms with E-state index in [1.807, 2.05) is 35.3 Å². The lowest BCUT2D eigenvalue weighted by atomic mass is 9.97. The monoisotopic (exact) mass is 442 g/mol. The minimum atomic E-state index is -0.527. The maximum absolute atomic E-state index is 11.8. The minimum Gasteiger partial charge on any atom is -0.465 e. The van der Waals surface area contributed by atoms with E-state index >= 15 is 0 Å². The van der Waals surface area contributed by atoms with Gasteiger partial charge in [0, 0.05) is 22.6 Å². The van der Waals surface area contributed by atoms with Crippen LogP contribution < -0.4 is 4.74 Å². The topological polar surface area (TPSA) is 64.3 Å². The second kappa shape index (κ2) is 7.38. The third-order valence-electron chi connectivity index (χ3n) is 5.23. The van der Waals surface area contributed by atoms with Crippen molar-refractivity contribution in [2.45, 2.75) is 18.7 Å². The summed E-state index contributed by atoms with van der Waals surface area (Å²) < 4.78 is 16.6. The van der Waals surface area contributed by atoms with Gasteiger partial charge in [-0.1, -0.05) is 35.3 Å². The minimum absolute atomic E-state index is 0.115. The van der Waals surface area contributed by atoms with Crippen molar-refractivity contribution in [3.05, 3.63) is 87.3 Å². The van der Waals surface area contributed by atoms with Crippen molar-refractivity contribution in [3.63, 3.8) is 0 Å². The highest BCUT2D eigenvalue weighted by Crippen LogP contribution is 2.50. The Morgan fingerprint density at radius 1 is 1.20 bits per heavy atom. The smallest absolute Gasteiger partial charge is 0.337 e. The molecule has 0 fully saturated rings. The van der Waals surface area contributed by atoms with Gasteiger partial charge in [-0.15, -0.1) is 0 Å². The van der Waals surface area contributed by atoms with Crippen LogP contribution in [0.2, 0.25) is 10.0 Å². The fourth-order valence-electron chi connectivity index (χ4n) is 3.83. The first-order chi connectivity index (χ1) is 14.5. The number of ether oxygens (including phenoxy) is 2. The fourth-order valence-corrected chi connectivity index (χ4v) is 4.38. The number of esters is 1. The molecule has 0 amide bonds. The number of rotatable bonds is 3. The zero-order valence-electron chi connectivity index (χ0n) is 15.8. The van der Waals surface area contributed by atoms with Crippen LogP contribution in [0.15, 0.2) is 64.3 Å². The number of carbonyl (C=O) groups excluding carboxylic acids is 1. The van der Waals surface area contributed by atoms with Crippen molar-refractivity contribution >= 4 is 34.9 Å². The fraction of sp³-hybridized carbons (Fsp3) is 0.182. The van der Waals surface area contributed by atoms with Crippen molar-refractivity contribution in [2.24, 2.45) is 5.10 Å². The van der Waals surface area contributed by atoms with Crippen molar-refractivity contribution < 1.29 is 18.7 Å². The van der Waals surface area contributed by atoms with E-state index in [1.54, 1.807) is 24.5 Å². The van der Waals surface area contributed by atoms with Crippen LogP contribution in [0.5, 0.6) is 5.75 Å². The quantitative estimate of drug-likeness (QED) is 0.492. The summed E-state index contributed by atoms with van der Waals surface area (Å²) in [5, 5.41) is 7.67. The van der Waals surface area contributed by atoms with Gasteiger partial charge < -0.3 is 13.9 Å². The first-order valence-corrected chi connectivity index (χ1v) is 10.0. The van der Waals surface area contributed by atoms with Gasteiger partial charge in [0.25, 0.3) is 0 Å². The lowest BCUT2D eigenvalue weighted by Crippen LogP contribution is -2.33. The molecule has 6 nitrogen and oxygen atoms in total. The Labute approximate surface area is 182 Å². The number of hydrogen-bond donors (Lipinski definition) is 0. The van der Waals surface area contributed by atoms with Gasteiger partial charge in [-0.25, -0.2) is 9.80 Å². The van der Waals surface area contributed by atoms with Crippen LogP contribution in [0.4, 0.5) is 0 Å². The molecule has 2 atom stereocenters. The average Bonchev–Trinajstić information content (AvgIpc) is 3.43. The summed E-state index contributed by atoms with van der Waals surface area (Å²) >= 11 is 12.7. The molecule has 30 heavy (non-hydrogen) atoms. The molecule has 1 aromatic heterocycles. The Hall–Kier alpha value is -2.96. The summed E-state index contributed by atoms with van der Waals surface area (Å²) in [5.41, 5.74) is 2.97. The predicted molar refractivity (Wildman–Crippen MR) is 112 cm³/mol. The molecule has 0 aliphatic carbocycles. The Morgan fingerprint density at radius 3 is 2.70 bits per heavy atom. The SMILES string of the molecule is COC(=O)c1ccc([C@@H]2Oc3c(Cl)cc(Cl)cc3[C@H]3CC(c4ccco4)=NN32)cc1. The number of nitrogens with zero attached hydrogens (tertiary/aromatic N) is 2. The maximum Gasteiger partial charge on any atom is 0.337 e. The molecule has 0 radical (unpaired) electrons. The molecule has 3 aromatic rings. The Bertz CT molecular complexity index is 1140. The van der Waals surface area contributed by atoms with Gasteiger partial charge in [0.2, 0.25) is 6.23 Å². The van der Waals surface area contributed by atoms with Gasteiger partial charge in [0.05, 0.1) is 30.0 Å². The van der Waals surface area contributed by atoms with Crippen LogP contribution >= 0.6 is 23.2 Å². The number of hydrazone groups is 1. The summed E-state index contributed by atoms with van der Waals surface area (Å²) in [7, 11) is 1.35. The van der Waals surface area contributed by atoms with Gasteiger partial charge in [0.1, 0.15) is 17.2 Å². The third-order valence-corrected chi connectivity index (χ3v) is 5.73. The predicted octanol–water partition coefficient (Wildman–Crippen LogP) is 5.62. The molecule has 3 heterocycles. The summed E-state index contributed by atoms with van der Waals surface area (Å²) in [6.45, 7) is 0. The van der Waals surface area contributed by atoms with Crippen LogP contribution in [-0.2, 0) is 4.74 Å². The lowest BCUT2D eigenvalue weighted by molar-refractivity contribution is -0.0189. The molecule has 5 rings (SSSR count). The Kier molecular flexibility index (Phi) is 4.68. The van der Waals surface area contributed by atoms with Crippen LogP contribution in [0.1, 0.15) is 45.9 Å². The van der Waals surface area contributed by atoms with Crippen LogP contribution in [0.3, 0.4) is 0 Å². The van der Waals surface area contributed by atoms with E-state index in [0.717, 1.165) is 16.8 Å². The first kappa shape index (κ1) is 19.0. The molecule has 0 unspecified atom stereocenters. The van der Waals surface area contributed by atoms with E-state index < -0.39 is 12.2 Å². The number of carbonyl (C=O) groups is 1. The standard InChI is InChI=1S/C22H16Cl2N2O4/c1-28-22(27)13-6-4-12(5-7-13)21-26-18(11-17(25-26)19-3-2-8-29-19)15-9-14(23)10-16(24)20(15)30-21/h2-10,18,21H,11H2,1H3/t18-,21+/m1/s1. The molecule has 2 aliphatic rings. The molecule has 152 valence electrons. The Balaban J connectivity index is 1.59. The van der Waals surface area contributed by atoms with Crippen LogP contribution in [-0.4, -0.2) is 23.8 Å². The number of methoxy groups -OCH3 is 1. The molecule has 0 bridgehead atoms. The molecule has 8 heteroatoms. The molecular weight excluding hydrogens is 427 g/mol. The molecule has 0 spiro atoms. The van der Waals surface area contributed by atoms with Crippen molar-refractivity contribution in [3.8, 4) is 5.75 Å². The maximum atomic E-state index is 11.8. The van der Waals surface area contributed by atoms with Gasteiger partial charge >= 0.3 is 5.97 Å². The summed E-state index contributed by atoms with van der Waals surface area (Å²) in [6, 6.07) is 14.2. The molecule has 0 saturated carbocycles. The number of fused-ring (bicyclic) bond motifs is 3. The molecule has 0 N–H and O–H groups in total. The first-order valence-electron chi connectivity index (χ1n) is 9.28. The highest BCUT2D eigenvalue weighted by Gasteiger charge is 2.42. The van der Waals surface area contributed by atoms with E-state index in [9.17, 15) is 4.79 Å². The third kappa shape index (κ3) is 3.13. The van der Waals surface area contributed by atoms with Crippen LogP contribution in [0.25, 0.3) is 0 Å². The number of benzene rings is 2. The van der Waals surface area contributed by atoms with E-state index in [1.165, 1.54) is 7.11 Å². The van der Waals surface area contributed by atoms with Gasteiger partial charge in [-0.3, -0.25) is 0 Å². The largest absolute Gasteiger partial charge is 0.465 e. The zero-order valence-corrected chi connectivity index (χ0v) is 17.4. The summed E-state index contributed by atoms with van der Waals surface area (Å²) in [5.74, 6) is 0.894. The molecule has 2 aliphatic heterocycles. The van der Waals surface area contributed by atoms with Crippen LogP contribution in [0, 0.1) is 0 Å². The lowest BCUT2D eigenvalue weighted by Gasteiger charge is -2.38. The summed E-state index contributed by atoms with van der Waals surface area (Å²) in [6.07, 6.45) is 1.72. The van der Waals surface area contributed by atoms with E-state index in [2.05, 4.69) is 0 Å². The molecule has 2 aromatic carbocycles. The highest BCUT2D eigenvalue weighted by molar-refractivity contribution is 6.35. The average molecular weight is 443 g/mol. The van der Waals surface area contributed by atoms with Crippen molar-refractivity contribution in [1.29, 1.82) is 0 Å². The van der Waals surface area contributed by atoms with Crippen molar-refractivity contribution in [1.82, 2.24) is 5.01 Å². The molecular formula is C22H16Cl2N2O4. The summed E-state index contributed by atoms with van der Waals surface area (Å²) in [4.78, 5) is 11.8. The second-order valence-corrected chi connectivity index (χ2v) is 7.86. The Morgan fingerprint density at radius 2 is 2.00 bits per heavy atom. The number of hydrogen-bond acceptors (Lipinski definition) is 6. The van der Waals surface area contributed by atoms with Crippen molar-refractivity contribution in [2.75, 3.05) is 7.11 Å². The number of furan rings is 1.